The van der Waals surface area contributed by atoms with Gasteiger partial charge >= 0.3 is 0 Å². The first kappa shape index (κ1) is 15.3. The van der Waals surface area contributed by atoms with Gasteiger partial charge in [-0.15, -0.1) is 0 Å². The van der Waals surface area contributed by atoms with Gasteiger partial charge in [-0.1, -0.05) is 12.1 Å². The van der Waals surface area contributed by atoms with Gasteiger partial charge in [-0.05, 0) is 30.8 Å². The molecule has 1 aromatic carbocycles. The number of hydrogen-bond acceptors (Lipinski definition) is 5. The number of ether oxygens (including phenoxy) is 1. The average molecular weight is 307 g/mol. The van der Waals surface area contributed by atoms with E-state index in [0.717, 1.165) is 5.56 Å². The molecule has 0 bridgehead atoms. The molecule has 0 atom stereocenters. The van der Waals surface area contributed by atoms with E-state index in [1.807, 2.05) is 6.07 Å². The van der Waals surface area contributed by atoms with Crippen molar-refractivity contribution in [2.45, 2.75) is 11.4 Å². The molecule has 0 radical (unpaired) electrons. The van der Waals surface area contributed by atoms with Gasteiger partial charge in [-0.3, -0.25) is 0 Å². The Morgan fingerprint density at radius 2 is 2.00 bits per heavy atom. The second-order valence-corrected chi connectivity index (χ2v) is 6.12. The van der Waals surface area contributed by atoms with Crippen LogP contribution in [0.4, 0.5) is 5.69 Å². The van der Waals surface area contributed by atoms with Crippen LogP contribution in [0, 0.1) is 0 Å². The number of para-hydroxylation sites is 1. The molecule has 0 unspecified atom stereocenters. The minimum atomic E-state index is -3.50. The number of aromatic nitrogens is 1. The van der Waals surface area contributed by atoms with E-state index in [-0.39, 0.29) is 4.90 Å². The molecule has 1 heterocycles. The summed E-state index contributed by atoms with van der Waals surface area (Å²) in [6.07, 6.45) is 1.64. The zero-order chi connectivity index (χ0) is 15.3. The van der Waals surface area contributed by atoms with Gasteiger partial charge in [0, 0.05) is 18.8 Å². The number of anilines is 1. The Hall–Kier alpha value is -2.12. The van der Waals surface area contributed by atoms with E-state index in [4.69, 9.17) is 4.74 Å². The SMILES string of the molecule is CNS(=O)(=O)c1ccccc1NCc1ccnc(OC)c1. The predicted molar refractivity (Wildman–Crippen MR) is 80.8 cm³/mol. The van der Waals surface area contributed by atoms with Crippen LogP contribution in [-0.2, 0) is 16.6 Å². The van der Waals surface area contributed by atoms with Crippen molar-refractivity contribution in [1.29, 1.82) is 0 Å². The van der Waals surface area contributed by atoms with Gasteiger partial charge in [0.15, 0.2) is 0 Å². The van der Waals surface area contributed by atoms with Crippen molar-refractivity contribution >= 4 is 15.7 Å². The summed E-state index contributed by atoms with van der Waals surface area (Å²) in [6, 6.07) is 10.4. The van der Waals surface area contributed by atoms with Crippen LogP contribution in [0.25, 0.3) is 0 Å². The van der Waals surface area contributed by atoms with Crippen molar-refractivity contribution in [3.05, 3.63) is 48.2 Å². The largest absolute Gasteiger partial charge is 0.481 e. The third-order valence-corrected chi connectivity index (χ3v) is 4.41. The fraction of sp³-hybridized carbons (Fsp3) is 0.214. The van der Waals surface area contributed by atoms with Crippen molar-refractivity contribution < 1.29 is 13.2 Å². The maximum atomic E-state index is 12.0. The summed E-state index contributed by atoms with van der Waals surface area (Å²) in [6.45, 7) is 0.467. The first-order valence-electron chi connectivity index (χ1n) is 6.32. The van der Waals surface area contributed by atoms with Crippen LogP contribution < -0.4 is 14.8 Å². The first-order valence-corrected chi connectivity index (χ1v) is 7.80. The molecule has 112 valence electrons. The number of pyridine rings is 1. The topological polar surface area (TPSA) is 80.3 Å². The van der Waals surface area contributed by atoms with Crippen LogP contribution in [-0.4, -0.2) is 27.6 Å². The summed E-state index contributed by atoms with van der Waals surface area (Å²) in [5.41, 5.74) is 1.49. The van der Waals surface area contributed by atoms with E-state index in [2.05, 4.69) is 15.0 Å². The van der Waals surface area contributed by atoms with Gasteiger partial charge in [0.05, 0.1) is 12.8 Å². The lowest BCUT2D eigenvalue weighted by molar-refractivity contribution is 0.397. The molecule has 1 aromatic heterocycles. The molecule has 0 aliphatic heterocycles. The maximum Gasteiger partial charge on any atom is 0.242 e. The lowest BCUT2D eigenvalue weighted by Crippen LogP contribution is -2.20. The Morgan fingerprint density at radius 1 is 1.24 bits per heavy atom. The third-order valence-electron chi connectivity index (χ3n) is 2.94. The van der Waals surface area contributed by atoms with E-state index in [1.165, 1.54) is 7.05 Å². The summed E-state index contributed by atoms with van der Waals surface area (Å²) in [7, 11) is -0.557. The quantitative estimate of drug-likeness (QED) is 0.847. The molecule has 2 rings (SSSR count). The highest BCUT2D eigenvalue weighted by atomic mass is 32.2. The van der Waals surface area contributed by atoms with Crippen LogP contribution in [0.5, 0.6) is 5.88 Å². The molecule has 0 spiro atoms. The van der Waals surface area contributed by atoms with Crippen molar-refractivity contribution in [2.75, 3.05) is 19.5 Å². The highest BCUT2D eigenvalue weighted by Gasteiger charge is 2.15. The molecule has 21 heavy (non-hydrogen) atoms. The Kier molecular flexibility index (Phi) is 4.77. The van der Waals surface area contributed by atoms with E-state index in [0.29, 0.717) is 18.1 Å². The maximum absolute atomic E-state index is 12.0. The second kappa shape index (κ2) is 6.55. The fourth-order valence-corrected chi connectivity index (χ4v) is 2.73. The molecule has 0 fully saturated rings. The standard InChI is InChI=1S/C14H17N3O3S/c1-15-21(18,19)13-6-4-3-5-12(13)17-10-11-7-8-16-14(9-11)20-2/h3-9,15,17H,10H2,1-2H3. The minimum absolute atomic E-state index is 0.216. The van der Waals surface area contributed by atoms with Gasteiger partial charge in [0.25, 0.3) is 0 Å². The zero-order valence-electron chi connectivity index (χ0n) is 11.8. The molecule has 2 N–H and O–H groups in total. The van der Waals surface area contributed by atoms with Gasteiger partial charge < -0.3 is 10.1 Å². The number of nitrogens with zero attached hydrogens (tertiary/aromatic N) is 1. The van der Waals surface area contributed by atoms with E-state index < -0.39 is 10.0 Å². The molecule has 0 saturated heterocycles. The van der Waals surface area contributed by atoms with Crippen LogP contribution >= 0.6 is 0 Å². The lowest BCUT2D eigenvalue weighted by Gasteiger charge is -2.12. The smallest absolute Gasteiger partial charge is 0.242 e. The Balaban J connectivity index is 2.21. The molecular formula is C14H17N3O3S. The number of rotatable bonds is 6. The van der Waals surface area contributed by atoms with Crippen molar-refractivity contribution in [2.24, 2.45) is 0 Å². The Bertz CT molecular complexity index is 717. The normalized spacial score (nSPS) is 11.1. The molecule has 6 nitrogen and oxygen atoms in total. The molecule has 2 aromatic rings. The van der Waals surface area contributed by atoms with Gasteiger partial charge in [0.1, 0.15) is 4.90 Å². The summed E-state index contributed by atoms with van der Waals surface area (Å²) < 4.78 is 31.3. The summed E-state index contributed by atoms with van der Waals surface area (Å²) in [4.78, 5) is 4.24. The zero-order valence-corrected chi connectivity index (χ0v) is 12.6. The Labute approximate surface area is 124 Å². The average Bonchev–Trinajstić information content (AvgIpc) is 2.53. The number of sulfonamides is 1. The van der Waals surface area contributed by atoms with Gasteiger partial charge in [-0.25, -0.2) is 18.1 Å². The fourth-order valence-electron chi connectivity index (χ4n) is 1.83. The van der Waals surface area contributed by atoms with Crippen molar-refractivity contribution in [3.63, 3.8) is 0 Å². The highest BCUT2D eigenvalue weighted by molar-refractivity contribution is 7.89. The lowest BCUT2D eigenvalue weighted by atomic mass is 10.2. The minimum Gasteiger partial charge on any atom is -0.481 e. The number of nitrogens with one attached hydrogen (secondary N) is 2. The van der Waals surface area contributed by atoms with Gasteiger partial charge in [0.2, 0.25) is 15.9 Å². The highest BCUT2D eigenvalue weighted by Crippen LogP contribution is 2.21. The van der Waals surface area contributed by atoms with E-state index >= 15 is 0 Å². The van der Waals surface area contributed by atoms with E-state index in [9.17, 15) is 8.42 Å². The van der Waals surface area contributed by atoms with Crippen molar-refractivity contribution in [1.82, 2.24) is 9.71 Å². The second-order valence-electron chi connectivity index (χ2n) is 4.26. The molecule has 0 aliphatic rings. The van der Waals surface area contributed by atoms with Crippen LogP contribution in [0.1, 0.15) is 5.56 Å². The number of methoxy groups -OCH3 is 1. The molecular weight excluding hydrogens is 290 g/mol. The van der Waals surface area contributed by atoms with Crippen molar-refractivity contribution in [3.8, 4) is 5.88 Å². The van der Waals surface area contributed by atoms with Crippen LogP contribution in [0.2, 0.25) is 0 Å². The Morgan fingerprint density at radius 3 is 2.71 bits per heavy atom. The summed E-state index contributed by atoms with van der Waals surface area (Å²) in [5, 5.41) is 3.12. The molecule has 7 heteroatoms. The van der Waals surface area contributed by atoms with Gasteiger partial charge in [-0.2, -0.15) is 0 Å². The number of benzene rings is 1. The monoisotopic (exact) mass is 307 g/mol. The summed E-state index contributed by atoms with van der Waals surface area (Å²) in [5.74, 6) is 0.519. The van der Waals surface area contributed by atoms with Crippen LogP contribution in [0.15, 0.2) is 47.5 Å². The molecule has 0 aliphatic carbocycles. The third kappa shape index (κ3) is 3.71. The first-order chi connectivity index (χ1) is 10.1. The molecule has 0 amide bonds. The van der Waals surface area contributed by atoms with Crippen LogP contribution in [0.3, 0.4) is 0 Å². The summed E-state index contributed by atoms with van der Waals surface area (Å²) >= 11 is 0. The molecule has 0 saturated carbocycles. The number of hydrogen-bond donors (Lipinski definition) is 2. The predicted octanol–water partition coefficient (Wildman–Crippen LogP) is 1.61. The van der Waals surface area contributed by atoms with E-state index in [1.54, 1.807) is 43.6 Å².